The summed E-state index contributed by atoms with van der Waals surface area (Å²) in [6.45, 7) is 4.12. The summed E-state index contributed by atoms with van der Waals surface area (Å²) in [5.41, 5.74) is 0.647. The van der Waals surface area contributed by atoms with Gasteiger partial charge in [-0.3, -0.25) is 9.59 Å². The van der Waals surface area contributed by atoms with Crippen LogP contribution in [0.2, 0.25) is 0 Å². The van der Waals surface area contributed by atoms with Crippen molar-refractivity contribution >= 4 is 17.1 Å². The molecule has 6 heteroatoms. The van der Waals surface area contributed by atoms with Gasteiger partial charge in [-0.15, -0.1) is 0 Å². The van der Waals surface area contributed by atoms with Gasteiger partial charge in [0.2, 0.25) is 0 Å². The number of benzene rings is 1. The maximum absolute atomic E-state index is 12.2. The fraction of sp³-hybridized carbons (Fsp3) is 0.500. The van der Waals surface area contributed by atoms with E-state index in [4.69, 9.17) is 9.47 Å². The van der Waals surface area contributed by atoms with E-state index >= 15 is 0 Å². The largest absolute Gasteiger partial charge is 0.497 e. The molecule has 0 aromatic heterocycles. The van der Waals surface area contributed by atoms with Gasteiger partial charge in [-0.25, -0.2) is 0 Å². The van der Waals surface area contributed by atoms with Crippen LogP contribution in [0.3, 0.4) is 0 Å². The average Bonchev–Trinajstić information content (AvgIpc) is 3.10. The molecule has 3 rings (SSSR count). The molecule has 6 nitrogen and oxygen atoms in total. The molecule has 3 atom stereocenters. The Bertz CT molecular complexity index is 841. The molecule has 1 N–H and O–H groups in total. The van der Waals surface area contributed by atoms with E-state index in [0.29, 0.717) is 17.1 Å². The zero-order valence-electron chi connectivity index (χ0n) is 15.7. The van der Waals surface area contributed by atoms with Crippen molar-refractivity contribution in [2.24, 2.45) is 0 Å². The van der Waals surface area contributed by atoms with Gasteiger partial charge in [0.15, 0.2) is 0 Å². The van der Waals surface area contributed by atoms with Gasteiger partial charge < -0.3 is 19.7 Å². The summed E-state index contributed by atoms with van der Waals surface area (Å²) in [6, 6.07) is 7.42. The van der Waals surface area contributed by atoms with Crippen LogP contribution in [0.1, 0.15) is 33.1 Å². The minimum Gasteiger partial charge on any atom is -0.497 e. The van der Waals surface area contributed by atoms with Crippen LogP contribution in [0.15, 0.2) is 33.9 Å². The summed E-state index contributed by atoms with van der Waals surface area (Å²) in [5, 5.41) is 3.29. The lowest BCUT2D eigenvalue weighted by molar-refractivity contribution is 0.0438. The molecule has 1 saturated heterocycles. The topological polar surface area (TPSA) is 67.9 Å². The molecule has 140 valence electrons. The highest BCUT2D eigenvalue weighted by Crippen LogP contribution is 2.31. The van der Waals surface area contributed by atoms with Gasteiger partial charge in [0, 0.05) is 18.8 Å². The van der Waals surface area contributed by atoms with Gasteiger partial charge in [-0.1, -0.05) is 13.0 Å². The third-order valence-electron chi connectivity index (χ3n) is 5.14. The van der Waals surface area contributed by atoms with Crippen molar-refractivity contribution in [1.82, 2.24) is 0 Å². The van der Waals surface area contributed by atoms with E-state index in [0.717, 1.165) is 24.9 Å². The first-order chi connectivity index (χ1) is 12.5. The number of hydrogen-bond acceptors (Lipinski definition) is 6. The van der Waals surface area contributed by atoms with Gasteiger partial charge in [-0.05, 0) is 38.3 Å². The highest BCUT2D eigenvalue weighted by molar-refractivity contribution is 5.80. The maximum Gasteiger partial charge on any atom is 0.253 e. The molecule has 1 aliphatic heterocycles. The predicted octanol–water partition coefficient (Wildman–Crippen LogP) is 2.82. The third kappa shape index (κ3) is 3.33. The Balaban J connectivity index is 1.85. The number of nitrogens with one attached hydrogen (secondary N) is 1. The van der Waals surface area contributed by atoms with Gasteiger partial charge >= 0.3 is 0 Å². The molecule has 2 aromatic rings. The Morgan fingerprint density at radius 2 is 2.08 bits per heavy atom. The Kier molecular flexibility index (Phi) is 5.32. The number of anilines is 3. The van der Waals surface area contributed by atoms with Crippen LogP contribution in [0.25, 0.3) is 0 Å². The van der Waals surface area contributed by atoms with E-state index in [2.05, 4.69) is 19.2 Å². The molecule has 1 heterocycles. The van der Waals surface area contributed by atoms with E-state index in [1.807, 2.05) is 24.3 Å². The lowest BCUT2D eigenvalue weighted by Crippen LogP contribution is -2.44. The SMILES string of the molecule is CC[C@@H](Nc1c(N(C)c2cccc(OC)c2)c(=O)c1=O)[C@H]1CC[C@@H](C)O1. The summed E-state index contributed by atoms with van der Waals surface area (Å²) < 4.78 is 11.2. The van der Waals surface area contributed by atoms with Crippen LogP contribution in [0.4, 0.5) is 17.1 Å². The highest BCUT2D eigenvalue weighted by Gasteiger charge is 2.32. The minimum absolute atomic E-state index is 0.0145. The van der Waals surface area contributed by atoms with Gasteiger partial charge in [0.1, 0.15) is 17.1 Å². The zero-order valence-corrected chi connectivity index (χ0v) is 15.7. The van der Waals surface area contributed by atoms with Crippen LogP contribution in [0, 0.1) is 0 Å². The Morgan fingerprint density at radius 3 is 2.69 bits per heavy atom. The predicted molar refractivity (Wildman–Crippen MR) is 104 cm³/mol. The van der Waals surface area contributed by atoms with Crippen molar-refractivity contribution in [2.75, 3.05) is 24.4 Å². The first-order valence-corrected chi connectivity index (χ1v) is 9.09. The van der Waals surface area contributed by atoms with Gasteiger partial charge in [-0.2, -0.15) is 0 Å². The fourth-order valence-corrected chi connectivity index (χ4v) is 3.55. The zero-order chi connectivity index (χ0) is 18.8. The summed E-state index contributed by atoms with van der Waals surface area (Å²) in [6.07, 6.45) is 3.10. The average molecular weight is 358 g/mol. The number of nitrogens with zero attached hydrogens (tertiary/aromatic N) is 1. The van der Waals surface area contributed by atoms with Crippen molar-refractivity contribution in [3.8, 4) is 5.75 Å². The fourth-order valence-electron chi connectivity index (χ4n) is 3.55. The smallest absolute Gasteiger partial charge is 0.253 e. The lowest BCUT2D eigenvalue weighted by atomic mass is 10.0. The Labute approximate surface area is 153 Å². The molecule has 1 fully saturated rings. The Hall–Kier alpha value is -2.34. The summed E-state index contributed by atoms with van der Waals surface area (Å²) >= 11 is 0. The van der Waals surface area contributed by atoms with Crippen LogP contribution in [-0.2, 0) is 4.74 Å². The molecular weight excluding hydrogens is 332 g/mol. The van der Waals surface area contributed by atoms with Crippen molar-refractivity contribution in [3.63, 3.8) is 0 Å². The van der Waals surface area contributed by atoms with Crippen LogP contribution >= 0.6 is 0 Å². The minimum atomic E-state index is -0.464. The first kappa shape index (κ1) is 18.5. The molecule has 1 aliphatic rings. The third-order valence-corrected chi connectivity index (χ3v) is 5.14. The van der Waals surface area contributed by atoms with E-state index in [1.165, 1.54) is 0 Å². The van der Waals surface area contributed by atoms with Crippen LogP contribution in [-0.4, -0.2) is 32.4 Å². The van der Waals surface area contributed by atoms with Crippen LogP contribution < -0.4 is 25.8 Å². The maximum atomic E-state index is 12.2. The van der Waals surface area contributed by atoms with Gasteiger partial charge in [0.25, 0.3) is 10.9 Å². The molecule has 0 unspecified atom stereocenters. The molecule has 0 radical (unpaired) electrons. The molecule has 2 aromatic carbocycles. The van der Waals surface area contributed by atoms with Crippen molar-refractivity contribution in [1.29, 1.82) is 0 Å². The van der Waals surface area contributed by atoms with E-state index in [1.54, 1.807) is 19.1 Å². The second-order valence-electron chi connectivity index (χ2n) is 6.86. The first-order valence-electron chi connectivity index (χ1n) is 9.09. The van der Waals surface area contributed by atoms with Crippen molar-refractivity contribution < 1.29 is 9.47 Å². The summed E-state index contributed by atoms with van der Waals surface area (Å²) in [7, 11) is 3.38. The van der Waals surface area contributed by atoms with Crippen molar-refractivity contribution in [3.05, 3.63) is 44.7 Å². The van der Waals surface area contributed by atoms with E-state index < -0.39 is 10.9 Å². The monoisotopic (exact) mass is 358 g/mol. The highest BCUT2D eigenvalue weighted by atomic mass is 16.5. The summed E-state index contributed by atoms with van der Waals surface area (Å²) in [5.74, 6) is 0.697. The number of rotatable bonds is 7. The standard InChI is InChI=1S/C20H26N2O4/c1-5-15(16-10-9-12(2)26-16)21-17-18(20(24)19(17)23)22(3)13-7-6-8-14(11-13)25-4/h6-8,11-12,15-16,21H,5,9-10H2,1-4H3/t12-,15-,16-/m1/s1. The van der Waals surface area contributed by atoms with Crippen molar-refractivity contribution in [2.45, 2.75) is 51.4 Å². The Morgan fingerprint density at radius 1 is 1.31 bits per heavy atom. The second kappa shape index (κ2) is 7.50. The van der Waals surface area contributed by atoms with E-state index in [-0.39, 0.29) is 18.2 Å². The van der Waals surface area contributed by atoms with Crippen LogP contribution in [0.5, 0.6) is 5.75 Å². The molecule has 0 bridgehead atoms. The number of ether oxygens (including phenoxy) is 2. The summed E-state index contributed by atoms with van der Waals surface area (Å²) in [4.78, 5) is 26.2. The molecule has 26 heavy (non-hydrogen) atoms. The van der Waals surface area contributed by atoms with Gasteiger partial charge in [0.05, 0.1) is 25.4 Å². The van der Waals surface area contributed by atoms with E-state index in [9.17, 15) is 9.59 Å². The number of hydrogen-bond donors (Lipinski definition) is 1. The number of methoxy groups -OCH3 is 1. The quantitative estimate of drug-likeness (QED) is 0.768. The molecule has 0 saturated carbocycles. The molecule has 0 spiro atoms. The molecular formula is C20H26N2O4. The molecule has 0 amide bonds. The normalized spacial score (nSPS) is 20.9. The lowest BCUT2D eigenvalue weighted by Gasteiger charge is -2.29. The molecule has 0 aliphatic carbocycles. The second-order valence-corrected chi connectivity index (χ2v) is 6.86.